The Balaban J connectivity index is 1.31. The van der Waals surface area contributed by atoms with Crippen molar-refractivity contribution in [1.29, 1.82) is 0 Å². The number of benzene rings is 2. The van der Waals surface area contributed by atoms with E-state index in [2.05, 4.69) is 25.4 Å². The number of rotatable bonds is 3. The molecule has 8 heteroatoms. The maximum Gasteiger partial charge on any atom is 0.255 e. The van der Waals surface area contributed by atoms with Gasteiger partial charge in [0.2, 0.25) is 5.91 Å². The first kappa shape index (κ1) is 19.8. The first-order valence-corrected chi connectivity index (χ1v) is 11.4. The zero-order valence-electron chi connectivity index (χ0n) is 17.2. The molecule has 0 radical (unpaired) electrons. The Hall–Kier alpha value is -3.13. The molecule has 0 unspecified atom stereocenters. The molecular weight excluding hydrogens is 410 g/mol. The number of thioether (sulfide) groups is 1. The minimum absolute atomic E-state index is 0.0444. The van der Waals surface area contributed by atoms with Crippen LogP contribution in [0.25, 0.3) is 11.4 Å². The van der Waals surface area contributed by atoms with E-state index in [0.717, 1.165) is 47.9 Å². The van der Waals surface area contributed by atoms with Gasteiger partial charge in [0.1, 0.15) is 5.82 Å². The van der Waals surface area contributed by atoms with Gasteiger partial charge in [0, 0.05) is 34.7 Å². The lowest BCUT2D eigenvalue weighted by Gasteiger charge is -2.21. The molecule has 1 aromatic heterocycles. The summed E-state index contributed by atoms with van der Waals surface area (Å²) in [6.45, 7) is 2.81. The third-order valence-electron chi connectivity index (χ3n) is 5.68. The van der Waals surface area contributed by atoms with Gasteiger partial charge >= 0.3 is 0 Å². The van der Waals surface area contributed by atoms with E-state index < -0.39 is 0 Å². The van der Waals surface area contributed by atoms with Crippen LogP contribution in [0.5, 0.6) is 0 Å². The lowest BCUT2D eigenvalue weighted by Crippen LogP contribution is -2.26. The largest absolute Gasteiger partial charge is 0.324 e. The van der Waals surface area contributed by atoms with Crippen molar-refractivity contribution >= 4 is 35.0 Å². The molecule has 158 valence electrons. The summed E-state index contributed by atoms with van der Waals surface area (Å²) in [5.74, 6) is 1.67. The van der Waals surface area contributed by atoms with Crippen LogP contribution >= 0.6 is 11.8 Å². The summed E-state index contributed by atoms with van der Waals surface area (Å²) < 4.78 is 2.21. The van der Waals surface area contributed by atoms with E-state index in [1.54, 1.807) is 12.1 Å². The van der Waals surface area contributed by atoms with Crippen molar-refractivity contribution in [2.24, 2.45) is 0 Å². The van der Waals surface area contributed by atoms with Gasteiger partial charge in [-0.25, -0.2) is 0 Å². The van der Waals surface area contributed by atoms with E-state index >= 15 is 0 Å². The second-order valence-electron chi connectivity index (χ2n) is 7.89. The number of aromatic nitrogens is 3. The fraction of sp³-hybridized carbons (Fsp3) is 0.304. The van der Waals surface area contributed by atoms with Crippen LogP contribution in [0.1, 0.15) is 42.4 Å². The molecule has 3 heterocycles. The first-order chi connectivity index (χ1) is 15.1. The Morgan fingerprint density at radius 2 is 1.97 bits per heavy atom. The van der Waals surface area contributed by atoms with E-state index in [0.29, 0.717) is 16.9 Å². The molecule has 0 aliphatic carbocycles. The summed E-state index contributed by atoms with van der Waals surface area (Å²) in [5, 5.41) is 14.4. The van der Waals surface area contributed by atoms with Gasteiger partial charge in [-0.1, -0.05) is 6.42 Å². The number of anilines is 2. The molecule has 0 fully saturated rings. The highest BCUT2D eigenvalue weighted by Gasteiger charge is 2.24. The van der Waals surface area contributed by atoms with E-state index in [1.807, 2.05) is 37.3 Å². The number of carbonyl (C=O) groups is 2. The lowest BCUT2D eigenvalue weighted by atomic mass is 10.1. The van der Waals surface area contributed by atoms with Crippen LogP contribution in [-0.2, 0) is 17.8 Å². The predicted octanol–water partition coefficient (Wildman–Crippen LogP) is 4.36. The quantitative estimate of drug-likeness (QED) is 0.641. The number of carbonyl (C=O) groups excluding carboxylic acids is 2. The topological polar surface area (TPSA) is 88.9 Å². The molecule has 0 saturated heterocycles. The predicted molar refractivity (Wildman–Crippen MR) is 121 cm³/mol. The first-order valence-electron chi connectivity index (χ1n) is 10.5. The maximum absolute atomic E-state index is 12.7. The number of nitrogens with one attached hydrogen (secondary N) is 2. The number of aryl methyl sites for hydroxylation is 1. The van der Waals surface area contributed by atoms with E-state index in [1.165, 1.54) is 18.2 Å². The Kier molecular flexibility index (Phi) is 5.23. The molecule has 0 bridgehead atoms. The summed E-state index contributed by atoms with van der Waals surface area (Å²) in [4.78, 5) is 25.6. The normalized spacial score (nSPS) is 17.8. The molecule has 7 nitrogen and oxygen atoms in total. The second-order valence-corrected chi connectivity index (χ2v) is 9.28. The second kappa shape index (κ2) is 8.19. The van der Waals surface area contributed by atoms with E-state index in [9.17, 15) is 9.59 Å². The molecule has 0 saturated carbocycles. The van der Waals surface area contributed by atoms with Crippen molar-refractivity contribution < 1.29 is 9.59 Å². The summed E-state index contributed by atoms with van der Waals surface area (Å²) >= 11 is 1.50. The number of fused-ring (bicyclic) bond motifs is 2. The van der Waals surface area contributed by atoms with Gasteiger partial charge in [-0.05, 0) is 62.2 Å². The van der Waals surface area contributed by atoms with Crippen molar-refractivity contribution in [2.45, 2.75) is 49.3 Å². The fourth-order valence-corrected chi connectivity index (χ4v) is 4.88. The molecule has 2 aliphatic heterocycles. The highest BCUT2D eigenvalue weighted by molar-refractivity contribution is 8.00. The van der Waals surface area contributed by atoms with Crippen LogP contribution in [0, 0.1) is 0 Å². The van der Waals surface area contributed by atoms with E-state index in [4.69, 9.17) is 0 Å². The Labute approximate surface area is 184 Å². The van der Waals surface area contributed by atoms with Crippen LogP contribution in [0.2, 0.25) is 0 Å². The van der Waals surface area contributed by atoms with Crippen LogP contribution in [0.15, 0.2) is 47.4 Å². The van der Waals surface area contributed by atoms with Crippen LogP contribution in [0.3, 0.4) is 0 Å². The number of nitrogens with zero attached hydrogens (tertiary/aromatic N) is 3. The van der Waals surface area contributed by atoms with Gasteiger partial charge < -0.3 is 15.2 Å². The zero-order valence-corrected chi connectivity index (χ0v) is 18.0. The van der Waals surface area contributed by atoms with Gasteiger partial charge in [-0.2, -0.15) is 0 Å². The van der Waals surface area contributed by atoms with Crippen LogP contribution in [0.4, 0.5) is 11.4 Å². The summed E-state index contributed by atoms with van der Waals surface area (Å²) in [7, 11) is 0. The van der Waals surface area contributed by atoms with Crippen molar-refractivity contribution in [3.8, 4) is 11.4 Å². The number of hydrogen-bond donors (Lipinski definition) is 2. The Morgan fingerprint density at radius 3 is 2.81 bits per heavy atom. The summed E-state index contributed by atoms with van der Waals surface area (Å²) in [6, 6.07) is 13.1. The molecule has 2 aliphatic rings. The van der Waals surface area contributed by atoms with Crippen LogP contribution < -0.4 is 10.6 Å². The number of amides is 2. The van der Waals surface area contributed by atoms with Crippen molar-refractivity contribution in [2.75, 3.05) is 10.6 Å². The highest BCUT2D eigenvalue weighted by Crippen LogP contribution is 2.36. The molecule has 2 amide bonds. The smallest absolute Gasteiger partial charge is 0.255 e. The Bertz CT molecular complexity index is 1160. The molecule has 5 rings (SSSR count). The minimum atomic E-state index is -0.218. The third-order valence-corrected chi connectivity index (χ3v) is 6.86. The minimum Gasteiger partial charge on any atom is -0.324 e. The van der Waals surface area contributed by atoms with E-state index in [-0.39, 0.29) is 17.1 Å². The lowest BCUT2D eigenvalue weighted by molar-refractivity contribution is -0.115. The molecule has 31 heavy (non-hydrogen) atoms. The zero-order chi connectivity index (χ0) is 21.4. The molecule has 2 aromatic carbocycles. The molecule has 1 atom stereocenters. The highest BCUT2D eigenvalue weighted by atomic mass is 32.2. The van der Waals surface area contributed by atoms with Gasteiger partial charge in [-0.3, -0.25) is 9.59 Å². The van der Waals surface area contributed by atoms with Crippen molar-refractivity contribution in [1.82, 2.24) is 14.8 Å². The third kappa shape index (κ3) is 3.95. The summed E-state index contributed by atoms with van der Waals surface area (Å²) in [6.07, 6.45) is 4.50. The van der Waals surface area contributed by atoms with Crippen molar-refractivity contribution in [3.63, 3.8) is 0 Å². The molecule has 3 aromatic rings. The fourth-order valence-electron chi connectivity index (χ4n) is 3.95. The maximum atomic E-state index is 12.7. The standard InChI is InChI=1S/C23H23N5O2S/c1-14-22(29)25-18-13-16(8-11-19(18)31-14)23(30)24-17-9-6-15(7-10-17)21-27-26-20-5-3-2-4-12-28(20)21/h6-11,13-14H,2-5,12H2,1H3,(H,24,30)(H,25,29)/t14-/m0/s1. The average molecular weight is 434 g/mol. The molecule has 2 N–H and O–H groups in total. The van der Waals surface area contributed by atoms with Gasteiger partial charge in [-0.15, -0.1) is 22.0 Å². The molecular formula is C23H23N5O2S. The SMILES string of the molecule is C[C@@H]1Sc2ccc(C(=O)Nc3ccc(-c4nnc5n4CCCCC5)cc3)cc2NC1=O. The van der Waals surface area contributed by atoms with Gasteiger partial charge in [0.25, 0.3) is 5.91 Å². The van der Waals surface area contributed by atoms with Crippen LogP contribution in [-0.4, -0.2) is 31.8 Å². The van der Waals surface area contributed by atoms with Crippen molar-refractivity contribution in [3.05, 3.63) is 53.9 Å². The molecule has 0 spiro atoms. The summed E-state index contributed by atoms with van der Waals surface area (Å²) in [5.41, 5.74) is 2.88. The monoisotopic (exact) mass is 433 g/mol. The van der Waals surface area contributed by atoms with Gasteiger partial charge in [0.05, 0.1) is 10.9 Å². The average Bonchev–Trinajstić information content (AvgIpc) is 3.02. The Morgan fingerprint density at radius 1 is 1.13 bits per heavy atom. The number of hydrogen-bond acceptors (Lipinski definition) is 5. The van der Waals surface area contributed by atoms with Gasteiger partial charge in [0.15, 0.2) is 5.82 Å².